The van der Waals surface area contributed by atoms with Crippen LogP contribution in [0.3, 0.4) is 0 Å². The van der Waals surface area contributed by atoms with Crippen molar-refractivity contribution in [2.45, 2.75) is 18.9 Å². The van der Waals surface area contributed by atoms with Gasteiger partial charge in [0.15, 0.2) is 0 Å². The van der Waals surface area contributed by atoms with E-state index in [1.807, 2.05) is 0 Å². The van der Waals surface area contributed by atoms with E-state index in [4.69, 9.17) is 11.6 Å². The van der Waals surface area contributed by atoms with Gasteiger partial charge >= 0.3 is 0 Å². The summed E-state index contributed by atoms with van der Waals surface area (Å²) in [6.45, 7) is 4.11. The van der Waals surface area contributed by atoms with Gasteiger partial charge in [0.1, 0.15) is 5.82 Å². The first kappa shape index (κ1) is 11.3. The second-order valence-corrected chi connectivity index (χ2v) is 5.31. The average Bonchev–Trinajstić information content (AvgIpc) is 2.75. The fraction of sp³-hybridized carbons (Fsp3) is 0.538. The summed E-state index contributed by atoms with van der Waals surface area (Å²) in [6.07, 6.45) is 2.52. The third-order valence-corrected chi connectivity index (χ3v) is 4.07. The Hall–Kier alpha value is -0.800. The number of benzene rings is 1. The number of hydrogen-bond donors (Lipinski definition) is 0. The second-order valence-electron chi connectivity index (χ2n) is 4.87. The van der Waals surface area contributed by atoms with Crippen molar-refractivity contribution in [3.05, 3.63) is 29.0 Å². The van der Waals surface area contributed by atoms with Crippen LogP contribution in [0.2, 0.25) is 5.02 Å². The lowest BCUT2D eigenvalue weighted by molar-refractivity contribution is 0.230. The highest BCUT2D eigenvalue weighted by atomic mass is 35.5. The van der Waals surface area contributed by atoms with Crippen LogP contribution >= 0.6 is 11.6 Å². The Balaban J connectivity index is 1.80. The molecule has 0 saturated carbocycles. The number of piperazine rings is 1. The molecule has 4 heteroatoms. The van der Waals surface area contributed by atoms with E-state index in [1.54, 1.807) is 12.1 Å². The summed E-state index contributed by atoms with van der Waals surface area (Å²) in [5.41, 5.74) is 0.695. The Morgan fingerprint density at radius 3 is 2.94 bits per heavy atom. The van der Waals surface area contributed by atoms with Gasteiger partial charge in [-0.1, -0.05) is 11.6 Å². The lowest BCUT2D eigenvalue weighted by atomic mass is 10.1. The fourth-order valence-electron chi connectivity index (χ4n) is 2.95. The van der Waals surface area contributed by atoms with E-state index in [1.165, 1.54) is 25.5 Å². The molecular weight excluding hydrogens is 239 g/mol. The van der Waals surface area contributed by atoms with Gasteiger partial charge in [0.05, 0.1) is 5.69 Å². The predicted molar refractivity (Wildman–Crippen MR) is 68.2 cm³/mol. The highest BCUT2D eigenvalue weighted by Gasteiger charge is 2.31. The minimum absolute atomic E-state index is 0.205. The Kier molecular flexibility index (Phi) is 2.97. The Morgan fingerprint density at radius 1 is 1.24 bits per heavy atom. The molecule has 2 fully saturated rings. The van der Waals surface area contributed by atoms with Gasteiger partial charge in [0.2, 0.25) is 0 Å². The molecule has 0 N–H and O–H groups in total. The minimum atomic E-state index is -0.205. The molecule has 1 aromatic carbocycles. The maximum absolute atomic E-state index is 13.8. The van der Waals surface area contributed by atoms with E-state index in [-0.39, 0.29) is 5.82 Å². The zero-order chi connectivity index (χ0) is 11.8. The summed E-state index contributed by atoms with van der Waals surface area (Å²) in [4.78, 5) is 4.67. The van der Waals surface area contributed by atoms with Gasteiger partial charge in [0.25, 0.3) is 0 Å². The van der Waals surface area contributed by atoms with Crippen LogP contribution in [0.15, 0.2) is 18.2 Å². The molecule has 0 amide bonds. The summed E-state index contributed by atoms with van der Waals surface area (Å²) in [7, 11) is 0. The number of anilines is 1. The summed E-state index contributed by atoms with van der Waals surface area (Å²) in [5.74, 6) is -0.205. The highest BCUT2D eigenvalue weighted by molar-refractivity contribution is 6.30. The van der Waals surface area contributed by atoms with Gasteiger partial charge in [-0.3, -0.25) is 4.90 Å². The average molecular weight is 255 g/mol. The van der Waals surface area contributed by atoms with Crippen molar-refractivity contribution in [2.24, 2.45) is 0 Å². The van der Waals surface area contributed by atoms with Gasteiger partial charge in [-0.15, -0.1) is 0 Å². The van der Waals surface area contributed by atoms with Crippen LogP contribution < -0.4 is 4.90 Å². The van der Waals surface area contributed by atoms with Crippen LogP contribution in [0.25, 0.3) is 0 Å². The van der Waals surface area contributed by atoms with E-state index in [0.717, 1.165) is 19.6 Å². The van der Waals surface area contributed by atoms with Gasteiger partial charge < -0.3 is 4.90 Å². The van der Waals surface area contributed by atoms with Gasteiger partial charge in [-0.25, -0.2) is 4.39 Å². The van der Waals surface area contributed by atoms with E-state index in [0.29, 0.717) is 16.8 Å². The van der Waals surface area contributed by atoms with E-state index in [9.17, 15) is 4.39 Å². The van der Waals surface area contributed by atoms with Crippen LogP contribution in [0, 0.1) is 5.82 Å². The lowest BCUT2D eigenvalue weighted by Gasteiger charge is -2.38. The Morgan fingerprint density at radius 2 is 2.12 bits per heavy atom. The number of hydrogen-bond acceptors (Lipinski definition) is 2. The first-order valence-corrected chi connectivity index (χ1v) is 6.56. The molecule has 0 aromatic heterocycles. The quantitative estimate of drug-likeness (QED) is 0.760. The maximum atomic E-state index is 13.8. The molecule has 2 nitrogen and oxygen atoms in total. The Labute approximate surface area is 106 Å². The zero-order valence-electron chi connectivity index (χ0n) is 9.70. The SMILES string of the molecule is Fc1cc(Cl)ccc1N1CCN2CCCC2C1. The Bertz CT molecular complexity index is 424. The topological polar surface area (TPSA) is 6.48 Å². The molecule has 0 aliphatic carbocycles. The summed E-state index contributed by atoms with van der Waals surface area (Å²) >= 11 is 5.78. The van der Waals surface area contributed by atoms with Crippen molar-refractivity contribution in [3.8, 4) is 0 Å². The van der Waals surface area contributed by atoms with E-state index in [2.05, 4.69) is 9.80 Å². The molecule has 3 rings (SSSR count). The molecule has 1 unspecified atom stereocenters. The molecule has 1 atom stereocenters. The molecule has 2 saturated heterocycles. The molecule has 1 aromatic rings. The van der Waals surface area contributed by atoms with Crippen molar-refractivity contribution in [1.82, 2.24) is 4.90 Å². The molecule has 0 bridgehead atoms. The van der Waals surface area contributed by atoms with Gasteiger partial charge in [-0.05, 0) is 37.6 Å². The minimum Gasteiger partial charge on any atom is -0.366 e. The van der Waals surface area contributed by atoms with Crippen molar-refractivity contribution in [1.29, 1.82) is 0 Å². The molecule has 92 valence electrons. The van der Waals surface area contributed by atoms with Crippen LogP contribution in [-0.2, 0) is 0 Å². The third-order valence-electron chi connectivity index (χ3n) is 3.84. The van der Waals surface area contributed by atoms with E-state index >= 15 is 0 Å². The van der Waals surface area contributed by atoms with Crippen LogP contribution in [0.1, 0.15) is 12.8 Å². The molecular formula is C13H16ClFN2. The van der Waals surface area contributed by atoms with Crippen LogP contribution in [0.4, 0.5) is 10.1 Å². The number of nitrogens with zero attached hydrogens (tertiary/aromatic N) is 2. The predicted octanol–water partition coefficient (Wildman–Crippen LogP) is 2.76. The number of fused-ring (bicyclic) bond motifs is 1. The molecule has 2 heterocycles. The smallest absolute Gasteiger partial charge is 0.147 e. The molecule has 2 aliphatic heterocycles. The normalized spacial score (nSPS) is 25.1. The number of halogens is 2. The number of rotatable bonds is 1. The standard InChI is InChI=1S/C13H16ClFN2/c14-10-3-4-13(12(15)8-10)17-7-6-16-5-1-2-11(16)9-17/h3-4,8,11H,1-2,5-7,9H2. The summed E-state index contributed by atoms with van der Waals surface area (Å²) < 4.78 is 13.8. The monoisotopic (exact) mass is 254 g/mol. The van der Waals surface area contributed by atoms with Crippen molar-refractivity contribution < 1.29 is 4.39 Å². The van der Waals surface area contributed by atoms with Crippen molar-refractivity contribution in [2.75, 3.05) is 31.1 Å². The summed E-state index contributed by atoms with van der Waals surface area (Å²) in [6, 6.07) is 5.57. The van der Waals surface area contributed by atoms with E-state index < -0.39 is 0 Å². The lowest BCUT2D eigenvalue weighted by Crippen LogP contribution is -2.50. The zero-order valence-corrected chi connectivity index (χ0v) is 10.5. The first-order valence-electron chi connectivity index (χ1n) is 6.18. The first-order chi connectivity index (χ1) is 8.24. The van der Waals surface area contributed by atoms with Crippen molar-refractivity contribution in [3.63, 3.8) is 0 Å². The molecule has 0 radical (unpaired) electrons. The molecule has 2 aliphatic rings. The maximum Gasteiger partial charge on any atom is 0.147 e. The van der Waals surface area contributed by atoms with Crippen LogP contribution in [-0.4, -0.2) is 37.1 Å². The largest absolute Gasteiger partial charge is 0.366 e. The van der Waals surface area contributed by atoms with Crippen molar-refractivity contribution >= 4 is 17.3 Å². The second kappa shape index (κ2) is 4.46. The molecule has 0 spiro atoms. The van der Waals surface area contributed by atoms with Crippen LogP contribution in [0.5, 0.6) is 0 Å². The van der Waals surface area contributed by atoms with Gasteiger partial charge in [0, 0.05) is 30.7 Å². The third kappa shape index (κ3) is 2.14. The van der Waals surface area contributed by atoms with Gasteiger partial charge in [-0.2, -0.15) is 0 Å². The summed E-state index contributed by atoms with van der Waals surface area (Å²) in [5, 5.41) is 0.464. The fourth-order valence-corrected chi connectivity index (χ4v) is 3.11. The molecule has 17 heavy (non-hydrogen) atoms. The highest BCUT2D eigenvalue weighted by Crippen LogP contribution is 2.28.